The van der Waals surface area contributed by atoms with Crippen LogP contribution in [0.15, 0.2) is 30.3 Å². The van der Waals surface area contributed by atoms with Gasteiger partial charge in [-0.2, -0.15) is 0 Å². The highest BCUT2D eigenvalue weighted by Gasteiger charge is 2.21. The number of thiazole rings is 1. The van der Waals surface area contributed by atoms with Gasteiger partial charge in [-0.15, -0.1) is 0 Å². The molecule has 0 spiro atoms. The number of benzene rings is 2. The molecule has 2 aromatic carbocycles. The van der Waals surface area contributed by atoms with Crippen molar-refractivity contribution in [3.8, 4) is 23.0 Å². The lowest BCUT2D eigenvalue weighted by molar-refractivity contribution is 0.158. The van der Waals surface area contributed by atoms with Gasteiger partial charge >= 0.3 is 0 Å². The Morgan fingerprint density at radius 3 is 2.45 bits per heavy atom. The van der Waals surface area contributed by atoms with Crippen molar-refractivity contribution in [1.29, 1.82) is 0 Å². The van der Waals surface area contributed by atoms with Gasteiger partial charge in [0, 0.05) is 19.2 Å². The predicted octanol–water partition coefficient (Wildman–Crippen LogP) is 4.66. The minimum Gasteiger partial charge on any atom is -0.493 e. The summed E-state index contributed by atoms with van der Waals surface area (Å²) in [7, 11) is 4.84. The van der Waals surface area contributed by atoms with Crippen LogP contribution in [-0.2, 0) is 0 Å². The number of nitrogens with zero attached hydrogens (tertiary/aromatic N) is 2. The quantitative estimate of drug-likeness (QED) is 0.457. The van der Waals surface area contributed by atoms with Crippen molar-refractivity contribution in [2.45, 2.75) is 12.8 Å². The normalized spacial score (nSPS) is 14.9. The fraction of sp³-hybridized carbons (Fsp3) is 0.458. The van der Waals surface area contributed by atoms with Crippen molar-refractivity contribution < 1.29 is 23.3 Å². The van der Waals surface area contributed by atoms with Gasteiger partial charge in [-0.3, -0.25) is 4.90 Å². The van der Waals surface area contributed by atoms with Crippen molar-refractivity contribution >= 4 is 26.7 Å². The molecule has 1 aliphatic rings. The number of fused-ring (bicyclic) bond motifs is 1. The Hall–Kier alpha value is -2.78. The van der Waals surface area contributed by atoms with Gasteiger partial charge < -0.3 is 24.3 Å². The molecule has 0 amide bonds. The highest BCUT2D eigenvalue weighted by atomic mass is 32.1. The number of piperidine rings is 1. The largest absolute Gasteiger partial charge is 0.493 e. The van der Waals surface area contributed by atoms with Crippen LogP contribution in [0, 0.1) is 11.7 Å². The Balaban J connectivity index is 1.26. The number of methoxy groups -OCH3 is 3. The number of aromatic nitrogens is 1. The summed E-state index contributed by atoms with van der Waals surface area (Å²) >= 11 is 1.56. The minimum absolute atomic E-state index is 0.248. The molecule has 9 heteroatoms. The second-order valence-corrected chi connectivity index (χ2v) is 8.98. The van der Waals surface area contributed by atoms with Crippen molar-refractivity contribution in [3.63, 3.8) is 0 Å². The predicted molar refractivity (Wildman–Crippen MR) is 129 cm³/mol. The van der Waals surface area contributed by atoms with Crippen LogP contribution in [0.1, 0.15) is 12.8 Å². The lowest BCUT2D eigenvalue weighted by Crippen LogP contribution is -2.38. The first-order valence-electron chi connectivity index (χ1n) is 11.1. The maximum atomic E-state index is 13.0. The van der Waals surface area contributed by atoms with E-state index >= 15 is 0 Å². The summed E-state index contributed by atoms with van der Waals surface area (Å²) in [6.45, 7) is 4.45. The number of anilines is 1. The third-order valence-corrected chi connectivity index (χ3v) is 6.95. The first-order chi connectivity index (χ1) is 16.1. The third kappa shape index (κ3) is 5.59. The van der Waals surface area contributed by atoms with Gasteiger partial charge in [0.1, 0.15) is 22.9 Å². The van der Waals surface area contributed by atoms with E-state index < -0.39 is 0 Å². The van der Waals surface area contributed by atoms with Gasteiger partial charge in [-0.05, 0) is 56.1 Å². The van der Waals surface area contributed by atoms with Gasteiger partial charge in [-0.1, -0.05) is 11.3 Å². The lowest BCUT2D eigenvalue weighted by atomic mass is 9.97. The Kier molecular flexibility index (Phi) is 7.72. The number of hydrogen-bond donors (Lipinski definition) is 1. The van der Waals surface area contributed by atoms with Gasteiger partial charge in [0.15, 0.2) is 16.6 Å². The van der Waals surface area contributed by atoms with Crippen LogP contribution in [0.3, 0.4) is 0 Å². The molecule has 178 valence electrons. The van der Waals surface area contributed by atoms with E-state index in [1.54, 1.807) is 44.8 Å². The zero-order chi connectivity index (χ0) is 23.2. The molecular weight excluding hydrogens is 445 g/mol. The molecule has 2 heterocycles. The molecule has 0 atom stereocenters. The van der Waals surface area contributed by atoms with Gasteiger partial charge in [0.05, 0.1) is 26.8 Å². The fourth-order valence-corrected chi connectivity index (χ4v) is 5.04. The summed E-state index contributed by atoms with van der Waals surface area (Å²) in [5, 5.41) is 4.38. The summed E-state index contributed by atoms with van der Waals surface area (Å²) in [6.07, 6.45) is 2.25. The van der Waals surface area contributed by atoms with Gasteiger partial charge in [0.25, 0.3) is 0 Å². The molecule has 0 saturated carbocycles. The fourth-order valence-electron chi connectivity index (χ4n) is 4.07. The van der Waals surface area contributed by atoms with E-state index in [0.29, 0.717) is 35.5 Å². The monoisotopic (exact) mass is 475 g/mol. The van der Waals surface area contributed by atoms with E-state index in [4.69, 9.17) is 23.9 Å². The van der Waals surface area contributed by atoms with Gasteiger partial charge in [0.2, 0.25) is 5.75 Å². The lowest BCUT2D eigenvalue weighted by Gasteiger charge is -2.31. The smallest absolute Gasteiger partial charge is 0.204 e. The molecule has 0 bridgehead atoms. The standard InChI is InChI=1S/C24H30FN3O4S/c1-29-20-14-19-23(22(31-3)21(20)30-2)33-24(27-19)26-15-16-8-10-28(11-9-16)12-13-32-18-6-4-17(25)5-7-18/h4-7,14,16H,8-13,15H2,1-3H3,(H,26,27). The van der Waals surface area contributed by atoms with Crippen LogP contribution in [0.4, 0.5) is 9.52 Å². The van der Waals surface area contributed by atoms with Crippen LogP contribution >= 0.6 is 11.3 Å². The molecule has 33 heavy (non-hydrogen) atoms. The van der Waals surface area contributed by atoms with E-state index in [0.717, 1.165) is 54.4 Å². The van der Waals surface area contributed by atoms with Crippen LogP contribution < -0.4 is 24.3 Å². The van der Waals surface area contributed by atoms with Crippen LogP contribution in [-0.4, -0.2) is 64.0 Å². The average Bonchev–Trinajstić information content (AvgIpc) is 3.26. The molecule has 0 radical (unpaired) electrons. The Morgan fingerprint density at radius 2 is 1.79 bits per heavy atom. The Bertz CT molecular complexity index is 1050. The highest BCUT2D eigenvalue weighted by molar-refractivity contribution is 7.22. The molecule has 4 rings (SSSR count). The van der Waals surface area contributed by atoms with Crippen molar-refractivity contribution in [2.75, 3.05) is 59.4 Å². The van der Waals surface area contributed by atoms with E-state index in [9.17, 15) is 4.39 Å². The molecule has 1 N–H and O–H groups in total. The Labute approximate surface area is 197 Å². The molecule has 7 nitrogen and oxygen atoms in total. The second kappa shape index (κ2) is 10.9. The van der Waals surface area contributed by atoms with Crippen molar-refractivity contribution in [2.24, 2.45) is 5.92 Å². The second-order valence-electron chi connectivity index (χ2n) is 7.98. The molecule has 0 aliphatic carbocycles. The molecule has 0 unspecified atom stereocenters. The average molecular weight is 476 g/mol. The van der Waals surface area contributed by atoms with Crippen molar-refractivity contribution in [3.05, 3.63) is 36.1 Å². The molecule has 1 saturated heterocycles. The van der Waals surface area contributed by atoms with Crippen molar-refractivity contribution in [1.82, 2.24) is 9.88 Å². The van der Waals surface area contributed by atoms with Gasteiger partial charge in [-0.25, -0.2) is 9.37 Å². The van der Waals surface area contributed by atoms with Crippen LogP contribution in [0.2, 0.25) is 0 Å². The van der Waals surface area contributed by atoms with E-state index in [-0.39, 0.29) is 5.82 Å². The Morgan fingerprint density at radius 1 is 1.06 bits per heavy atom. The first-order valence-corrected chi connectivity index (χ1v) is 11.9. The summed E-state index contributed by atoms with van der Waals surface area (Å²) in [5.74, 6) is 2.89. The number of likely N-dealkylation sites (tertiary alicyclic amines) is 1. The maximum Gasteiger partial charge on any atom is 0.204 e. The molecule has 1 aliphatic heterocycles. The summed E-state index contributed by atoms with van der Waals surface area (Å²) < 4.78 is 36.1. The zero-order valence-electron chi connectivity index (χ0n) is 19.2. The van der Waals surface area contributed by atoms with Crippen LogP contribution in [0.5, 0.6) is 23.0 Å². The highest BCUT2D eigenvalue weighted by Crippen LogP contribution is 2.46. The minimum atomic E-state index is -0.248. The van der Waals surface area contributed by atoms with E-state index in [1.807, 2.05) is 6.07 Å². The zero-order valence-corrected chi connectivity index (χ0v) is 20.0. The number of ether oxygens (including phenoxy) is 4. The van der Waals surface area contributed by atoms with E-state index in [1.165, 1.54) is 12.1 Å². The SMILES string of the molecule is COc1cc2nc(NCC3CCN(CCOc4ccc(F)cc4)CC3)sc2c(OC)c1OC. The summed E-state index contributed by atoms with van der Waals surface area (Å²) in [4.78, 5) is 7.14. The number of nitrogens with one attached hydrogen (secondary N) is 1. The van der Waals surface area contributed by atoms with Crippen LogP contribution in [0.25, 0.3) is 10.2 Å². The summed E-state index contributed by atoms with van der Waals surface area (Å²) in [6, 6.07) is 8.05. The number of hydrogen-bond acceptors (Lipinski definition) is 8. The molecular formula is C24H30FN3O4S. The molecule has 1 aromatic heterocycles. The third-order valence-electron chi connectivity index (χ3n) is 5.92. The number of rotatable bonds is 10. The summed E-state index contributed by atoms with van der Waals surface area (Å²) in [5.41, 5.74) is 0.827. The topological polar surface area (TPSA) is 65.1 Å². The molecule has 3 aromatic rings. The number of halogens is 1. The molecule has 1 fully saturated rings. The maximum absolute atomic E-state index is 13.0. The first kappa shape index (κ1) is 23.4. The van der Waals surface area contributed by atoms with E-state index in [2.05, 4.69) is 10.2 Å².